The van der Waals surface area contributed by atoms with Crippen LogP contribution >= 0.6 is 15.9 Å². The van der Waals surface area contributed by atoms with Crippen LogP contribution in [0.3, 0.4) is 0 Å². The van der Waals surface area contributed by atoms with Gasteiger partial charge in [0.05, 0.1) is 12.2 Å². The van der Waals surface area contributed by atoms with E-state index in [2.05, 4.69) is 33.8 Å². The third kappa shape index (κ3) is 3.22. The fourth-order valence-corrected chi connectivity index (χ4v) is 2.01. The number of halogens is 1. The molecule has 0 amide bonds. The van der Waals surface area contributed by atoms with E-state index < -0.39 is 0 Å². The summed E-state index contributed by atoms with van der Waals surface area (Å²) in [7, 11) is 0. The number of hydrogen-bond acceptors (Lipinski definition) is 3. The van der Waals surface area contributed by atoms with Crippen LogP contribution in [0.15, 0.2) is 22.7 Å². The molecule has 86 valence electrons. The van der Waals surface area contributed by atoms with Crippen LogP contribution in [0.5, 0.6) is 0 Å². The van der Waals surface area contributed by atoms with Crippen LogP contribution in [0.1, 0.15) is 18.9 Å². The Morgan fingerprint density at radius 1 is 1.44 bits per heavy atom. The Balaban J connectivity index is 2.93. The van der Waals surface area contributed by atoms with Crippen molar-refractivity contribution >= 4 is 21.6 Å². The molecular formula is C12H15BrN2O. The van der Waals surface area contributed by atoms with Crippen LogP contribution in [-0.2, 0) is 0 Å². The predicted molar refractivity (Wildman–Crippen MR) is 68.4 cm³/mol. The van der Waals surface area contributed by atoms with Crippen molar-refractivity contribution in [2.45, 2.75) is 13.3 Å². The molecule has 3 nitrogen and oxygen atoms in total. The second kappa shape index (κ2) is 6.51. The van der Waals surface area contributed by atoms with Gasteiger partial charge in [-0.1, -0.05) is 6.92 Å². The van der Waals surface area contributed by atoms with Gasteiger partial charge < -0.3 is 10.0 Å². The number of nitrogens with zero attached hydrogens (tertiary/aromatic N) is 2. The first-order valence-corrected chi connectivity index (χ1v) is 6.07. The van der Waals surface area contributed by atoms with E-state index in [9.17, 15) is 0 Å². The Hall–Kier alpha value is -1.05. The van der Waals surface area contributed by atoms with Crippen LogP contribution in [0.2, 0.25) is 0 Å². The molecule has 0 saturated heterocycles. The molecule has 0 spiro atoms. The summed E-state index contributed by atoms with van der Waals surface area (Å²) in [6, 6.07) is 7.73. The van der Waals surface area contributed by atoms with Gasteiger partial charge in [0.1, 0.15) is 6.07 Å². The number of hydrogen-bond donors (Lipinski definition) is 1. The van der Waals surface area contributed by atoms with E-state index in [1.165, 1.54) is 0 Å². The smallest absolute Gasteiger partial charge is 0.100 e. The van der Waals surface area contributed by atoms with Gasteiger partial charge in [-0.2, -0.15) is 5.26 Å². The monoisotopic (exact) mass is 282 g/mol. The quantitative estimate of drug-likeness (QED) is 0.903. The minimum atomic E-state index is 0.137. The summed E-state index contributed by atoms with van der Waals surface area (Å²) < 4.78 is 0.798. The number of aliphatic hydroxyl groups is 1. The first-order valence-electron chi connectivity index (χ1n) is 5.28. The minimum Gasteiger partial charge on any atom is -0.395 e. The van der Waals surface area contributed by atoms with Crippen molar-refractivity contribution < 1.29 is 5.11 Å². The predicted octanol–water partition coefficient (Wildman–Crippen LogP) is 2.53. The molecule has 1 aromatic carbocycles. The molecule has 4 heteroatoms. The van der Waals surface area contributed by atoms with Crippen molar-refractivity contribution in [3.63, 3.8) is 0 Å². The Morgan fingerprint density at radius 2 is 2.19 bits per heavy atom. The van der Waals surface area contributed by atoms with E-state index in [4.69, 9.17) is 10.4 Å². The van der Waals surface area contributed by atoms with Gasteiger partial charge in [0.15, 0.2) is 0 Å². The molecule has 1 aromatic rings. The molecule has 16 heavy (non-hydrogen) atoms. The van der Waals surface area contributed by atoms with Crippen LogP contribution in [0.4, 0.5) is 5.69 Å². The maximum atomic E-state index is 8.99. The lowest BCUT2D eigenvalue weighted by atomic mass is 10.2. The van der Waals surface area contributed by atoms with Gasteiger partial charge in [-0.25, -0.2) is 0 Å². The van der Waals surface area contributed by atoms with Gasteiger partial charge in [-0.05, 0) is 40.5 Å². The van der Waals surface area contributed by atoms with Gasteiger partial charge in [-0.3, -0.25) is 0 Å². The van der Waals surface area contributed by atoms with Crippen LogP contribution < -0.4 is 4.90 Å². The van der Waals surface area contributed by atoms with Gasteiger partial charge in [0.2, 0.25) is 0 Å². The summed E-state index contributed by atoms with van der Waals surface area (Å²) in [4.78, 5) is 2.10. The average molecular weight is 283 g/mol. The van der Waals surface area contributed by atoms with Gasteiger partial charge in [0.25, 0.3) is 0 Å². The summed E-state index contributed by atoms with van der Waals surface area (Å²) in [6.45, 7) is 3.76. The first-order chi connectivity index (χ1) is 7.72. The van der Waals surface area contributed by atoms with Crippen molar-refractivity contribution in [1.29, 1.82) is 5.26 Å². The molecule has 0 atom stereocenters. The van der Waals surface area contributed by atoms with Crippen molar-refractivity contribution in [3.8, 4) is 6.07 Å². The standard InChI is InChI=1S/C12H15BrN2O/c1-2-5-15(6-7-16)11-4-3-10(9-14)12(13)8-11/h3-4,8,16H,2,5-7H2,1H3. The molecule has 0 aliphatic heterocycles. The largest absolute Gasteiger partial charge is 0.395 e. The topological polar surface area (TPSA) is 47.3 Å². The maximum absolute atomic E-state index is 8.99. The number of anilines is 1. The zero-order chi connectivity index (χ0) is 12.0. The molecule has 0 radical (unpaired) electrons. The van der Waals surface area contributed by atoms with E-state index in [0.29, 0.717) is 12.1 Å². The highest BCUT2D eigenvalue weighted by Gasteiger charge is 2.07. The summed E-state index contributed by atoms with van der Waals surface area (Å²) in [5.41, 5.74) is 1.66. The second-order valence-corrected chi connectivity index (χ2v) is 4.34. The SMILES string of the molecule is CCCN(CCO)c1ccc(C#N)c(Br)c1. The van der Waals surface area contributed by atoms with Crippen molar-refractivity contribution in [3.05, 3.63) is 28.2 Å². The van der Waals surface area contributed by atoms with Crippen LogP contribution in [0.25, 0.3) is 0 Å². The Morgan fingerprint density at radius 3 is 2.69 bits per heavy atom. The van der Waals surface area contributed by atoms with E-state index in [-0.39, 0.29) is 6.61 Å². The first kappa shape index (κ1) is 13.0. The number of aliphatic hydroxyl groups excluding tert-OH is 1. The normalized spacial score (nSPS) is 9.88. The lowest BCUT2D eigenvalue weighted by molar-refractivity contribution is 0.302. The van der Waals surface area contributed by atoms with E-state index in [1.807, 2.05) is 12.1 Å². The van der Waals surface area contributed by atoms with E-state index in [1.54, 1.807) is 6.07 Å². The minimum absolute atomic E-state index is 0.137. The number of rotatable bonds is 5. The molecule has 1 rings (SSSR count). The van der Waals surface area contributed by atoms with Gasteiger partial charge in [0, 0.05) is 23.2 Å². The highest BCUT2D eigenvalue weighted by atomic mass is 79.9. The Bertz CT molecular complexity index is 381. The zero-order valence-electron chi connectivity index (χ0n) is 9.28. The molecule has 0 aliphatic carbocycles. The molecule has 0 heterocycles. The summed E-state index contributed by atoms with van der Waals surface area (Å²) in [6.07, 6.45) is 1.03. The summed E-state index contributed by atoms with van der Waals surface area (Å²) >= 11 is 3.37. The van der Waals surface area contributed by atoms with E-state index in [0.717, 1.165) is 23.1 Å². The average Bonchev–Trinajstić information content (AvgIpc) is 2.28. The maximum Gasteiger partial charge on any atom is 0.100 e. The third-order valence-corrected chi connectivity index (χ3v) is 2.96. The molecule has 1 N–H and O–H groups in total. The lowest BCUT2D eigenvalue weighted by Crippen LogP contribution is -2.27. The molecule has 0 unspecified atom stereocenters. The van der Waals surface area contributed by atoms with Gasteiger partial charge >= 0.3 is 0 Å². The second-order valence-electron chi connectivity index (χ2n) is 3.49. The fraction of sp³-hybridized carbons (Fsp3) is 0.417. The highest BCUT2D eigenvalue weighted by molar-refractivity contribution is 9.10. The van der Waals surface area contributed by atoms with E-state index >= 15 is 0 Å². The fourth-order valence-electron chi connectivity index (χ4n) is 1.55. The summed E-state index contributed by atoms with van der Waals surface area (Å²) in [5, 5.41) is 17.8. The van der Waals surface area contributed by atoms with Crippen LogP contribution in [0, 0.1) is 11.3 Å². The molecule has 0 saturated carbocycles. The molecule has 0 aromatic heterocycles. The number of nitriles is 1. The molecule has 0 fully saturated rings. The van der Waals surface area contributed by atoms with Crippen molar-refractivity contribution in [1.82, 2.24) is 0 Å². The number of benzene rings is 1. The summed E-state index contributed by atoms with van der Waals surface area (Å²) in [5.74, 6) is 0. The molecule has 0 aliphatic rings. The van der Waals surface area contributed by atoms with Crippen LogP contribution in [-0.4, -0.2) is 24.8 Å². The Labute approximate surface area is 104 Å². The zero-order valence-corrected chi connectivity index (χ0v) is 10.9. The Kier molecular flexibility index (Phi) is 5.30. The lowest BCUT2D eigenvalue weighted by Gasteiger charge is -2.23. The van der Waals surface area contributed by atoms with Crippen molar-refractivity contribution in [2.75, 3.05) is 24.6 Å². The van der Waals surface area contributed by atoms with Gasteiger partial charge in [-0.15, -0.1) is 0 Å². The molecule has 0 bridgehead atoms. The third-order valence-electron chi connectivity index (χ3n) is 2.30. The van der Waals surface area contributed by atoms with Crippen molar-refractivity contribution in [2.24, 2.45) is 0 Å². The molecular weight excluding hydrogens is 268 g/mol. The highest BCUT2D eigenvalue weighted by Crippen LogP contribution is 2.23.